The molecular formula is C17H15ClN3O5-. The van der Waals surface area contributed by atoms with Crippen molar-refractivity contribution >= 4 is 29.4 Å². The first kappa shape index (κ1) is 19.2. The number of nitrogens with zero attached hydrogens (tertiary/aromatic N) is 2. The van der Waals surface area contributed by atoms with E-state index in [0.717, 1.165) is 12.3 Å². The van der Waals surface area contributed by atoms with Gasteiger partial charge < -0.3 is 9.84 Å². The molecule has 0 radical (unpaired) electrons. The normalized spacial score (nSPS) is 10.9. The Kier molecular flexibility index (Phi) is 6.13. The molecule has 0 fully saturated rings. The molecule has 2 aromatic rings. The summed E-state index contributed by atoms with van der Waals surface area (Å²) in [5.74, 6) is -0.726. The Morgan fingerprint density at radius 1 is 1.31 bits per heavy atom. The van der Waals surface area contributed by atoms with Crippen LogP contribution in [0.4, 0.5) is 5.69 Å². The summed E-state index contributed by atoms with van der Waals surface area (Å²) in [7, 11) is 0. The number of carbonyl (C=O) groups is 1. The van der Waals surface area contributed by atoms with E-state index in [1.807, 2.05) is 13.8 Å². The van der Waals surface area contributed by atoms with E-state index in [4.69, 9.17) is 16.3 Å². The minimum absolute atomic E-state index is 0.0160. The van der Waals surface area contributed by atoms with Crippen LogP contribution in [0.2, 0.25) is 5.02 Å². The number of benzene rings is 2. The summed E-state index contributed by atoms with van der Waals surface area (Å²) < 4.78 is 5.48. The number of nitrogens with one attached hydrogen (secondary N) is 1. The number of amides is 1. The Bertz CT molecular complexity index is 850. The highest BCUT2D eigenvalue weighted by molar-refractivity contribution is 6.31. The van der Waals surface area contributed by atoms with Crippen molar-refractivity contribution in [3.05, 3.63) is 62.7 Å². The summed E-state index contributed by atoms with van der Waals surface area (Å²) in [6, 6.07) is 8.60. The summed E-state index contributed by atoms with van der Waals surface area (Å²) in [5.41, 5.74) is 1.80. The number of hydrogen-bond acceptors (Lipinski definition) is 6. The van der Waals surface area contributed by atoms with Crippen molar-refractivity contribution in [2.75, 3.05) is 0 Å². The lowest BCUT2D eigenvalue weighted by Crippen LogP contribution is -2.17. The average Bonchev–Trinajstić information content (AvgIpc) is 2.57. The molecule has 0 aromatic heterocycles. The molecule has 8 nitrogen and oxygen atoms in total. The van der Waals surface area contributed by atoms with Gasteiger partial charge in [-0.3, -0.25) is 14.9 Å². The minimum atomic E-state index is -0.840. The van der Waals surface area contributed by atoms with Crippen LogP contribution in [-0.4, -0.2) is 23.1 Å². The van der Waals surface area contributed by atoms with Crippen molar-refractivity contribution in [2.24, 2.45) is 5.10 Å². The van der Waals surface area contributed by atoms with Crippen LogP contribution < -0.4 is 15.3 Å². The van der Waals surface area contributed by atoms with E-state index in [0.29, 0.717) is 11.3 Å². The van der Waals surface area contributed by atoms with E-state index in [9.17, 15) is 20.0 Å². The molecule has 0 heterocycles. The molecule has 26 heavy (non-hydrogen) atoms. The van der Waals surface area contributed by atoms with E-state index in [-0.39, 0.29) is 16.7 Å². The second-order valence-corrected chi connectivity index (χ2v) is 5.93. The fourth-order valence-electron chi connectivity index (χ4n) is 2.01. The zero-order valence-electron chi connectivity index (χ0n) is 13.9. The molecule has 1 amide bonds. The predicted octanol–water partition coefficient (Wildman–Crippen LogP) is 2.87. The molecule has 2 rings (SSSR count). The van der Waals surface area contributed by atoms with Gasteiger partial charge >= 0.3 is 0 Å². The van der Waals surface area contributed by atoms with Crippen LogP contribution in [0, 0.1) is 10.1 Å². The van der Waals surface area contributed by atoms with Gasteiger partial charge in [0.1, 0.15) is 5.75 Å². The van der Waals surface area contributed by atoms with Gasteiger partial charge in [0.2, 0.25) is 0 Å². The highest BCUT2D eigenvalue weighted by Gasteiger charge is 2.11. The molecule has 0 atom stereocenters. The number of hydrogen-bond donors (Lipinski definition) is 1. The number of hydrazone groups is 1. The van der Waals surface area contributed by atoms with Gasteiger partial charge in [0.15, 0.2) is 0 Å². The molecule has 0 aliphatic heterocycles. The topological polar surface area (TPSA) is 117 Å². The van der Waals surface area contributed by atoms with Gasteiger partial charge in [-0.1, -0.05) is 11.6 Å². The Morgan fingerprint density at radius 2 is 1.96 bits per heavy atom. The number of ether oxygens (including phenoxy) is 1. The monoisotopic (exact) mass is 376 g/mol. The summed E-state index contributed by atoms with van der Waals surface area (Å²) in [5, 5.41) is 26.4. The number of halogens is 1. The molecule has 0 bridgehead atoms. The second kappa shape index (κ2) is 8.30. The molecule has 1 N–H and O–H groups in total. The standard InChI is InChI=1S/C17H16ClN3O5/c1-10(2)26-14-5-3-11(4-6-14)17(23)20-19-9-12-7-13(18)8-15(16(12)22)21(24)25/h3-10,22H,1-2H3,(H,20,23)/p-1/b19-9-. The first-order chi connectivity index (χ1) is 12.3. The lowest BCUT2D eigenvalue weighted by molar-refractivity contribution is -0.398. The Balaban J connectivity index is 2.08. The molecule has 9 heteroatoms. The first-order valence-corrected chi connectivity index (χ1v) is 7.91. The molecule has 0 saturated carbocycles. The first-order valence-electron chi connectivity index (χ1n) is 7.53. The maximum atomic E-state index is 12.0. The van der Waals surface area contributed by atoms with Gasteiger partial charge in [0.05, 0.1) is 17.2 Å². The van der Waals surface area contributed by atoms with Crippen LogP contribution in [0.3, 0.4) is 0 Å². The van der Waals surface area contributed by atoms with Gasteiger partial charge in [0.25, 0.3) is 11.6 Å². The fourth-order valence-corrected chi connectivity index (χ4v) is 2.23. The van der Waals surface area contributed by atoms with Crippen molar-refractivity contribution in [3.63, 3.8) is 0 Å². The van der Waals surface area contributed by atoms with Gasteiger partial charge in [-0.05, 0) is 55.5 Å². The van der Waals surface area contributed by atoms with Crippen molar-refractivity contribution in [1.29, 1.82) is 0 Å². The van der Waals surface area contributed by atoms with Crippen LogP contribution in [-0.2, 0) is 0 Å². The average molecular weight is 377 g/mol. The summed E-state index contributed by atoms with van der Waals surface area (Å²) in [6.45, 7) is 3.78. The van der Waals surface area contributed by atoms with Gasteiger partial charge in [-0.15, -0.1) is 0 Å². The van der Waals surface area contributed by atoms with E-state index in [2.05, 4.69) is 10.5 Å². The highest BCUT2D eigenvalue weighted by atomic mass is 35.5. The van der Waals surface area contributed by atoms with Gasteiger partial charge in [0, 0.05) is 16.7 Å². The lowest BCUT2D eigenvalue weighted by atomic mass is 10.2. The quantitative estimate of drug-likeness (QED) is 0.472. The Hall–Kier alpha value is -3.13. The van der Waals surface area contributed by atoms with Crippen molar-refractivity contribution in [3.8, 4) is 11.5 Å². The zero-order valence-corrected chi connectivity index (χ0v) is 14.7. The maximum absolute atomic E-state index is 12.0. The van der Waals surface area contributed by atoms with Gasteiger partial charge in [-0.2, -0.15) is 5.10 Å². The van der Waals surface area contributed by atoms with Crippen molar-refractivity contribution < 1.29 is 19.6 Å². The lowest BCUT2D eigenvalue weighted by Gasteiger charge is -2.11. The van der Waals surface area contributed by atoms with E-state index in [1.54, 1.807) is 24.3 Å². The second-order valence-electron chi connectivity index (χ2n) is 5.49. The number of nitro groups is 1. The SMILES string of the molecule is CC(C)Oc1ccc(C(=O)N/N=C\c2cc(Cl)cc([N+](=O)[O-])c2[O-])cc1. The van der Waals surface area contributed by atoms with Crippen LogP contribution >= 0.6 is 11.6 Å². The minimum Gasteiger partial charge on any atom is -0.867 e. The van der Waals surface area contributed by atoms with E-state index >= 15 is 0 Å². The van der Waals surface area contributed by atoms with Crippen LogP contribution in [0.1, 0.15) is 29.8 Å². The van der Waals surface area contributed by atoms with Gasteiger partial charge in [-0.25, -0.2) is 5.43 Å². The van der Waals surface area contributed by atoms with Crippen molar-refractivity contribution in [2.45, 2.75) is 20.0 Å². The molecule has 0 aliphatic rings. The highest BCUT2D eigenvalue weighted by Crippen LogP contribution is 2.29. The smallest absolute Gasteiger partial charge is 0.271 e. The molecule has 136 valence electrons. The molecule has 0 spiro atoms. The van der Waals surface area contributed by atoms with Crippen LogP contribution in [0.25, 0.3) is 0 Å². The number of nitro benzene ring substituents is 1. The molecule has 2 aromatic carbocycles. The third-order valence-electron chi connectivity index (χ3n) is 3.12. The molecule has 0 saturated heterocycles. The Labute approximate surface area is 154 Å². The van der Waals surface area contributed by atoms with Crippen molar-refractivity contribution in [1.82, 2.24) is 5.43 Å². The number of carbonyl (C=O) groups excluding carboxylic acids is 1. The number of rotatable bonds is 6. The maximum Gasteiger partial charge on any atom is 0.271 e. The molecule has 0 unspecified atom stereocenters. The largest absolute Gasteiger partial charge is 0.867 e. The zero-order chi connectivity index (χ0) is 19.3. The van der Waals surface area contributed by atoms with E-state index in [1.165, 1.54) is 6.07 Å². The summed E-state index contributed by atoms with van der Waals surface area (Å²) >= 11 is 5.75. The van der Waals surface area contributed by atoms with Crippen LogP contribution in [0.15, 0.2) is 41.5 Å². The molecule has 0 aliphatic carbocycles. The van der Waals surface area contributed by atoms with E-state index < -0.39 is 22.3 Å². The van der Waals surface area contributed by atoms with Crippen LogP contribution in [0.5, 0.6) is 11.5 Å². The predicted molar refractivity (Wildman–Crippen MR) is 94.8 cm³/mol. The third kappa shape index (κ3) is 4.93. The molecular weight excluding hydrogens is 362 g/mol. The summed E-state index contributed by atoms with van der Waals surface area (Å²) in [6.07, 6.45) is 1.03. The summed E-state index contributed by atoms with van der Waals surface area (Å²) in [4.78, 5) is 22.0. The fraction of sp³-hybridized carbons (Fsp3) is 0.176. The Morgan fingerprint density at radius 3 is 2.54 bits per heavy atom. The third-order valence-corrected chi connectivity index (χ3v) is 3.34.